The van der Waals surface area contributed by atoms with Gasteiger partial charge in [0.05, 0.1) is 17.7 Å². The number of rotatable bonds is 5. The molecule has 0 fully saturated rings. The minimum Gasteiger partial charge on any atom is -0.391 e. The number of hydrogen-bond donors (Lipinski definition) is 2. The van der Waals surface area contributed by atoms with E-state index in [4.69, 9.17) is 0 Å². The van der Waals surface area contributed by atoms with Gasteiger partial charge in [0, 0.05) is 12.7 Å². The number of aliphatic hydroxyl groups excluding tert-OH is 1. The highest BCUT2D eigenvalue weighted by Gasteiger charge is 2.23. The molecule has 3 nitrogen and oxygen atoms in total. The first-order chi connectivity index (χ1) is 8.83. The highest BCUT2D eigenvalue weighted by atomic mass is 35.5. The Labute approximate surface area is 132 Å². The van der Waals surface area contributed by atoms with Gasteiger partial charge in [0.15, 0.2) is 0 Å². The van der Waals surface area contributed by atoms with Crippen molar-refractivity contribution in [3.8, 4) is 0 Å². The minimum atomic E-state index is -0.493. The molecule has 20 heavy (non-hydrogen) atoms. The zero-order valence-corrected chi connectivity index (χ0v) is 12.9. The lowest BCUT2D eigenvalue weighted by atomic mass is 9.90. The van der Waals surface area contributed by atoms with Gasteiger partial charge in [-0.15, -0.1) is 24.8 Å². The summed E-state index contributed by atoms with van der Waals surface area (Å²) < 4.78 is 0. The number of benzene rings is 1. The maximum absolute atomic E-state index is 10.3. The van der Waals surface area contributed by atoms with E-state index in [0.29, 0.717) is 6.54 Å². The lowest BCUT2D eigenvalue weighted by molar-refractivity contribution is 0.155. The van der Waals surface area contributed by atoms with Crippen molar-refractivity contribution >= 4 is 24.8 Å². The summed E-state index contributed by atoms with van der Waals surface area (Å²) in [6.45, 7) is 0.538. The fraction of sp³-hybridized carbons (Fsp3) is 0.267. The summed E-state index contributed by atoms with van der Waals surface area (Å²) in [7, 11) is 1.84. The van der Waals surface area contributed by atoms with Gasteiger partial charge < -0.3 is 10.4 Å². The van der Waals surface area contributed by atoms with Crippen LogP contribution in [0.5, 0.6) is 0 Å². The lowest BCUT2D eigenvalue weighted by Gasteiger charge is -2.22. The molecule has 5 heteroatoms. The summed E-state index contributed by atoms with van der Waals surface area (Å²) >= 11 is 0. The molecular formula is C15H20Cl2N2O. The van der Waals surface area contributed by atoms with Crippen LogP contribution in [0, 0.1) is 0 Å². The first-order valence-corrected chi connectivity index (χ1v) is 6.11. The highest BCUT2D eigenvalue weighted by molar-refractivity contribution is 5.85. The molecule has 2 N–H and O–H groups in total. The third-order valence-electron chi connectivity index (χ3n) is 2.96. The van der Waals surface area contributed by atoms with E-state index >= 15 is 0 Å². The molecule has 2 atom stereocenters. The maximum Gasteiger partial charge on any atom is 0.0788 e. The molecule has 0 bridgehead atoms. The summed E-state index contributed by atoms with van der Waals surface area (Å²) in [5, 5.41) is 13.3. The van der Waals surface area contributed by atoms with Gasteiger partial charge in [-0.2, -0.15) is 0 Å². The van der Waals surface area contributed by atoms with Crippen molar-refractivity contribution in [2.24, 2.45) is 0 Å². The van der Waals surface area contributed by atoms with Gasteiger partial charge in [-0.25, -0.2) is 0 Å². The van der Waals surface area contributed by atoms with Gasteiger partial charge >= 0.3 is 0 Å². The topological polar surface area (TPSA) is 45.1 Å². The average molecular weight is 315 g/mol. The number of aromatic nitrogens is 1. The van der Waals surface area contributed by atoms with Crippen molar-refractivity contribution in [3.63, 3.8) is 0 Å². The molecule has 0 amide bonds. The summed E-state index contributed by atoms with van der Waals surface area (Å²) in [5.41, 5.74) is 1.98. The van der Waals surface area contributed by atoms with Gasteiger partial charge in [-0.1, -0.05) is 36.4 Å². The molecule has 2 rings (SSSR count). The predicted molar refractivity (Wildman–Crippen MR) is 87.0 cm³/mol. The lowest BCUT2D eigenvalue weighted by Crippen LogP contribution is -2.30. The van der Waals surface area contributed by atoms with Crippen LogP contribution in [0.15, 0.2) is 54.7 Å². The van der Waals surface area contributed by atoms with E-state index < -0.39 is 6.10 Å². The number of hydrogen-bond acceptors (Lipinski definition) is 3. The second-order valence-electron chi connectivity index (χ2n) is 4.27. The molecular weight excluding hydrogens is 295 g/mol. The first kappa shape index (κ1) is 18.9. The van der Waals surface area contributed by atoms with Gasteiger partial charge in [-0.3, -0.25) is 4.98 Å². The number of nitrogens with zero attached hydrogens (tertiary/aromatic N) is 1. The Morgan fingerprint density at radius 2 is 1.70 bits per heavy atom. The summed E-state index contributed by atoms with van der Waals surface area (Å²) in [5.74, 6) is -0.0974. The summed E-state index contributed by atoms with van der Waals surface area (Å²) in [6.07, 6.45) is 1.27. The average Bonchev–Trinajstić information content (AvgIpc) is 2.42. The van der Waals surface area contributed by atoms with E-state index in [0.717, 1.165) is 11.3 Å². The number of halogens is 2. The van der Waals surface area contributed by atoms with Crippen LogP contribution in [0.1, 0.15) is 17.2 Å². The van der Waals surface area contributed by atoms with Crippen LogP contribution in [-0.2, 0) is 0 Å². The number of likely N-dealkylation sites (N-methyl/N-ethyl adjacent to an activating group) is 1. The molecule has 2 aromatic rings. The Kier molecular flexibility index (Phi) is 9.17. The van der Waals surface area contributed by atoms with Crippen LogP contribution in [0.2, 0.25) is 0 Å². The highest BCUT2D eigenvalue weighted by Crippen LogP contribution is 2.26. The Balaban J connectivity index is 0.00000180. The van der Waals surface area contributed by atoms with E-state index in [1.54, 1.807) is 6.20 Å². The Bertz CT molecular complexity index is 428. The SMILES string of the molecule is CNCC(O)C(c1ccccc1)c1ccccn1.Cl.Cl. The molecule has 110 valence electrons. The van der Waals surface area contributed by atoms with Crippen molar-refractivity contribution < 1.29 is 5.11 Å². The minimum absolute atomic E-state index is 0. The molecule has 0 radical (unpaired) electrons. The molecule has 0 aliphatic carbocycles. The van der Waals surface area contributed by atoms with Crippen LogP contribution >= 0.6 is 24.8 Å². The Morgan fingerprint density at radius 1 is 1.05 bits per heavy atom. The van der Waals surface area contributed by atoms with Crippen LogP contribution < -0.4 is 5.32 Å². The fourth-order valence-electron chi connectivity index (χ4n) is 2.14. The zero-order valence-electron chi connectivity index (χ0n) is 11.3. The number of aliphatic hydroxyl groups is 1. The zero-order chi connectivity index (χ0) is 12.8. The second kappa shape index (κ2) is 9.72. The maximum atomic E-state index is 10.3. The van der Waals surface area contributed by atoms with Crippen LogP contribution in [-0.4, -0.2) is 29.8 Å². The standard InChI is InChI=1S/C15H18N2O.2ClH/c1-16-11-14(18)15(12-7-3-2-4-8-12)13-9-5-6-10-17-13;;/h2-10,14-16,18H,11H2,1H3;2*1H. The van der Waals surface area contributed by atoms with Crippen molar-refractivity contribution in [2.75, 3.05) is 13.6 Å². The number of nitrogens with one attached hydrogen (secondary N) is 1. The Hall–Kier alpha value is -1.13. The van der Waals surface area contributed by atoms with E-state index in [-0.39, 0.29) is 30.7 Å². The molecule has 0 saturated carbocycles. The largest absolute Gasteiger partial charge is 0.391 e. The normalized spacial score (nSPS) is 12.7. The summed E-state index contributed by atoms with van der Waals surface area (Å²) in [6, 6.07) is 15.8. The van der Waals surface area contributed by atoms with Crippen molar-refractivity contribution in [1.29, 1.82) is 0 Å². The smallest absolute Gasteiger partial charge is 0.0788 e. The van der Waals surface area contributed by atoms with Crippen molar-refractivity contribution in [2.45, 2.75) is 12.0 Å². The Morgan fingerprint density at radius 3 is 2.25 bits per heavy atom. The van der Waals surface area contributed by atoms with E-state index in [1.165, 1.54) is 0 Å². The van der Waals surface area contributed by atoms with Crippen LogP contribution in [0.3, 0.4) is 0 Å². The van der Waals surface area contributed by atoms with Crippen molar-refractivity contribution in [1.82, 2.24) is 10.3 Å². The van der Waals surface area contributed by atoms with E-state index in [2.05, 4.69) is 10.3 Å². The molecule has 0 aliphatic rings. The number of pyridine rings is 1. The monoisotopic (exact) mass is 314 g/mol. The van der Waals surface area contributed by atoms with Gasteiger partial charge in [0.25, 0.3) is 0 Å². The van der Waals surface area contributed by atoms with Crippen LogP contribution in [0.4, 0.5) is 0 Å². The van der Waals surface area contributed by atoms with E-state index in [1.807, 2.05) is 55.6 Å². The van der Waals surface area contributed by atoms with Gasteiger partial charge in [0.1, 0.15) is 0 Å². The van der Waals surface area contributed by atoms with Crippen LogP contribution in [0.25, 0.3) is 0 Å². The second-order valence-corrected chi connectivity index (χ2v) is 4.27. The summed E-state index contributed by atoms with van der Waals surface area (Å²) in [4.78, 5) is 4.37. The fourth-order valence-corrected chi connectivity index (χ4v) is 2.14. The van der Waals surface area contributed by atoms with Gasteiger partial charge in [0.2, 0.25) is 0 Å². The molecule has 0 aliphatic heterocycles. The quantitative estimate of drug-likeness (QED) is 0.891. The molecule has 2 unspecified atom stereocenters. The van der Waals surface area contributed by atoms with Gasteiger partial charge in [-0.05, 0) is 24.7 Å². The molecule has 1 heterocycles. The molecule has 1 aromatic carbocycles. The molecule has 0 spiro atoms. The van der Waals surface area contributed by atoms with E-state index in [9.17, 15) is 5.11 Å². The molecule has 0 saturated heterocycles. The van der Waals surface area contributed by atoms with Crippen molar-refractivity contribution in [3.05, 3.63) is 66.0 Å². The predicted octanol–water partition coefficient (Wildman–Crippen LogP) is 2.64. The molecule has 1 aromatic heterocycles. The third kappa shape index (κ3) is 4.76. The first-order valence-electron chi connectivity index (χ1n) is 6.11. The third-order valence-corrected chi connectivity index (χ3v) is 2.96.